The van der Waals surface area contributed by atoms with Crippen molar-refractivity contribution < 1.29 is 9.59 Å². The van der Waals surface area contributed by atoms with E-state index in [9.17, 15) is 9.59 Å². The number of primary amides is 1. The third kappa shape index (κ3) is 4.27. The van der Waals surface area contributed by atoms with Gasteiger partial charge in [0.05, 0.1) is 6.54 Å². The number of nitrogens with two attached hydrogens (primary N) is 2. The van der Waals surface area contributed by atoms with E-state index in [2.05, 4.69) is 0 Å². The number of hydrogen-bond donors (Lipinski definition) is 2. The Morgan fingerprint density at radius 2 is 1.81 bits per heavy atom. The molecule has 114 valence electrons. The summed E-state index contributed by atoms with van der Waals surface area (Å²) in [7, 11) is 0. The van der Waals surface area contributed by atoms with Crippen molar-refractivity contribution in [3.05, 3.63) is 35.9 Å². The molecule has 1 atom stereocenters. The van der Waals surface area contributed by atoms with Crippen molar-refractivity contribution in [1.82, 2.24) is 9.80 Å². The zero-order chi connectivity index (χ0) is 15.2. The number of carbonyl (C=O) groups excluding carboxylic acids is 2. The molecule has 6 heteroatoms. The highest BCUT2D eigenvalue weighted by Gasteiger charge is 2.24. The molecule has 2 amide bonds. The summed E-state index contributed by atoms with van der Waals surface area (Å²) in [5.41, 5.74) is 12.1. The van der Waals surface area contributed by atoms with Crippen LogP contribution in [0.5, 0.6) is 0 Å². The third-order valence-electron chi connectivity index (χ3n) is 3.70. The molecule has 0 aliphatic carbocycles. The van der Waals surface area contributed by atoms with Crippen LogP contribution in [0, 0.1) is 0 Å². The maximum atomic E-state index is 12.5. The van der Waals surface area contributed by atoms with Crippen LogP contribution in [-0.2, 0) is 9.59 Å². The summed E-state index contributed by atoms with van der Waals surface area (Å²) in [6, 6.07) is 8.74. The van der Waals surface area contributed by atoms with E-state index in [0.29, 0.717) is 19.6 Å². The average Bonchev–Trinajstić information content (AvgIpc) is 2.71. The summed E-state index contributed by atoms with van der Waals surface area (Å²) < 4.78 is 0. The molecule has 1 aliphatic rings. The van der Waals surface area contributed by atoms with E-state index in [-0.39, 0.29) is 18.4 Å². The lowest BCUT2D eigenvalue weighted by Crippen LogP contribution is -2.41. The summed E-state index contributed by atoms with van der Waals surface area (Å²) in [5.74, 6) is -0.405. The molecule has 6 nitrogen and oxygen atoms in total. The normalized spacial score (nSPS) is 18.0. The van der Waals surface area contributed by atoms with E-state index in [1.165, 1.54) is 0 Å². The molecule has 0 saturated carbocycles. The minimum absolute atomic E-state index is 0.0675. The summed E-state index contributed by atoms with van der Waals surface area (Å²) in [6.45, 7) is 2.90. The predicted molar refractivity (Wildman–Crippen MR) is 80.2 cm³/mol. The maximum Gasteiger partial charge on any atom is 0.244 e. The smallest absolute Gasteiger partial charge is 0.244 e. The molecule has 2 rings (SSSR count). The minimum Gasteiger partial charge on any atom is -0.369 e. The first-order chi connectivity index (χ1) is 10.1. The average molecular weight is 290 g/mol. The van der Waals surface area contributed by atoms with E-state index < -0.39 is 6.04 Å². The van der Waals surface area contributed by atoms with Crippen molar-refractivity contribution in [2.45, 2.75) is 12.5 Å². The molecule has 0 aromatic heterocycles. The first kappa shape index (κ1) is 15.5. The van der Waals surface area contributed by atoms with Gasteiger partial charge in [-0.25, -0.2) is 0 Å². The molecule has 1 aromatic rings. The summed E-state index contributed by atoms with van der Waals surface area (Å²) in [6.07, 6.45) is 0.820. The lowest BCUT2D eigenvalue weighted by Gasteiger charge is -2.24. The van der Waals surface area contributed by atoms with Gasteiger partial charge < -0.3 is 16.4 Å². The van der Waals surface area contributed by atoms with Gasteiger partial charge in [-0.3, -0.25) is 14.5 Å². The van der Waals surface area contributed by atoms with Gasteiger partial charge in [0.2, 0.25) is 11.8 Å². The van der Waals surface area contributed by atoms with Gasteiger partial charge in [0.1, 0.15) is 6.04 Å². The monoisotopic (exact) mass is 290 g/mol. The van der Waals surface area contributed by atoms with Gasteiger partial charge >= 0.3 is 0 Å². The number of carbonyl (C=O) groups is 2. The molecular formula is C15H22N4O2. The number of benzene rings is 1. The second-order valence-electron chi connectivity index (χ2n) is 5.31. The summed E-state index contributed by atoms with van der Waals surface area (Å²) in [4.78, 5) is 27.2. The Balaban J connectivity index is 1.95. The van der Waals surface area contributed by atoms with Gasteiger partial charge in [0.15, 0.2) is 0 Å². The summed E-state index contributed by atoms with van der Waals surface area (Å²) in [5, 5.41) is 0. The van der Waals surface area contributed by atoms with Gasteiger partial charge in [-0.2, -0.15) is 0 Å². The van der Waals surface area contributed by atoms with E-state index in [1.54, 1.807) is 4.90 Å². The Kier molecular flexibility index (Phi) is 5.30. The minimum atomic E-state index is -0.631. The molecule has 1 aromatic carbocycles. The van der Waals surface area contributed by atoms with Crippen molar-refractivity contribution in [1.29, 1.82) is 0 Å². The van der Waals surface area contributed by atoms with E-state index >= 15 is 0 Å². The fourth-order valence-corrected chi connectivity index (χ4v) is 2.57. The van der Waals surface area contributed by atoms with Crippen LogP contribution in [0.2, 0.25) is 0 Å². The molecular weight excluding hydrogens is 268 g/mol. The highest BCUT2D eigenvalue weighted by atomic mass is 16.2. The van der Waals surface area contributed by atoms with E-state index in [1.807, 2.05) is 35.2 Å². The Bertz CT molecular complexity index is 492. The SMILES string of the molecule is NC(=O)CN1CCCN(C(=O)[C@H](N)c2ccccc2)CC1. The maximum absolute atomic E-state index is 12.5. The molecule has 1 saturated heterocycles. The van der Waals surface area contributed by atoms with Gasteiger partial charge in [-0.05, 0) is 12.0 Å². The van der Waals surface area contributed by atoms with E-state index in [0.717, 1.165) is 18.5 Å². The topological polar surface area (TPSA) is 92.7 Å². The molecule has 1 heterocycles. The predicted octanol–water partition coefficient (Wildman–Crippen LogP) is -0.294. The van der Waals surface area contributed by atoms with Crippen LogP contribution < -0.4 is 11.5 Å². The molecule has 21 heavy (non-hydrogen) atoms. The fraction of sp³-hybridized carbons (Fsp3) is 0.467. The Morgan fingerprint density at radius 3 is 2.48 bits per heavy atom. The number of nitrogens with zero attached hydrogens (tertiary/aromatic N) is 2. The van der Waals surface area contributed by atoms with Crippen molar-refractivity contribution in [2.75, 3.05) is 32.7 Å². The molecule has 1 aliphatic heterocycles. The number of hydrogen-bond acceptors (Lipinski definition) is 4. The lowest BCUT2D eigenvalue weighted by molar-refractivity contribution is -0.132. The Morgan fingerprint density at radius 1 is 1.10 bits per heavy atom. The largest absolute Gasteiger partial charge is 0.369 e. The molecule has 1 fully saturated rings. The van der Waals surface area contributed by atoms with Crippen molar-refractivity contribution >= 4 is 11.8 Å². The third-order valence-corrected chi connectivity index (χ3v) is 3.70. The van der Waals surface area contributed by atoms with Crippen molar-refractivity contribution in [3.8, 4) is 0 Å². The van der Waals surface area contributed by atoms with Crippen LogP contribution in [0.3, 0.4) is 0 Å². The van der Waals surface area contributed by atoms with Crippen LogP contribution >= 0.6 is 0 Å². The molecule has 4 N–H and O–H groups in total. The molecule has 0 unspecified atom stereocenters. The van der Waals surface area contributed by atoms with Crippen molar-refractivity contribution in [3.63, 3.8) is 0 Å². The number of amides is 2. The summed E-state index contributed by atoms with van der Waals surface area (Å²) >= 11 is 0. The van der Waals surface area contributed by atoms with Crippen LogP contribution in [-0.4, -0.2) is 54.3 Å². The standard InChI is InChI=1S/C15H22N4O2/c16-13(20)11-18-7-4-8-19(10-9-18)15(21)14(17)12-5-2-1-3-6-12/h1-3,5-6,14H,4,7-11,17H2,(H2,16,20)/t14-/m1/s1. The fourth-order valence-electron chi connectivity index (χ4n) is 2.57. The van der Waals surface area contributed by atoms with Crippen LogP contribution in [0.15, 0.2) is 30.3 Å². The van der Waals surface area contributed by atoms with E-state index in [4.69, 9.17) is 11.5 Å². The van der Waals surface area contributed by atoms with Gasteiger partial charge in [0.25, 0.3) is 0 Å². The van der Waals surface area contributed by atoms with Crippen LogP contribution in [0.25, 0.3) is 0 Å². The van der Waals surface area contributed by atoms with Crippen molar-refractivity contribution in [2.24, 2.45) is 11.5 Å². The number of rotatable bonds is 4. The first-order valence-corrected chi connectivity index (χ1v) is 7.18. The zero-order valence-electron chi connectivity index (χ0n) is 12.1. The second-order valence-corrected chi connectivity index (χ2v) is 5.31. The van der Waals surface area contributed by atoms with Crippen LogP contribution in [0.4, 0.5) is 0 Å². The first-order valence-electron chi connectivity index (χ1n) is 7.18. The van der Waals surface area contributed by atoms with Gasteiger partial charge in [0, 0.05) is 26.2 Å². The molecule has 0 radical (unpaired) electrons. The second kappa shape index (κ2) is 7.19. The Hall–Kier alpha value is -1.92. The highest BCUT2D eigenvalue weighted by Crippen LogP contribution is 2.14. The van der Waals surface area contributed by atoms with Crippen LogP contribution in [0.1, 0.15) is 18.0 Å². The lowest BCUT2D eigenvalue weighted by atomic mass is 10.1. The molecule has 0 bridgehead atoms. The molecule has 0 spiro atoms. The van der Waals surface area contributed by atoms with Gasteiger partial charge in [-0.1, -0.05) is 30.3 Å². The van der Waals surface area contributed by atoms with Gasteiger partial charge in [-0.15, -0.1) is 0 Å². The quantitative estimate of drug-likeness (QED) is 0.796. The zero-order valence-corrected chi connectivity index (χ0v) is 12.1. The highest BCUT2D eigenvalue weighted by molar-refractivity contribution is 5.83. The Labute approximate surface area is 124 Å².